The molecule has 0 saturated heterocycles. The van der Waals surface area contributed by atoms with Crippen LogP contribution in [-0.4, -0.2) is 32.5 Å². The number of esters is 1. The second-order valence-electron chi connectivity index (χ2n) is 8.77. The number of benzene rings is 2. The highest BCUT2D eigenvalue weighted by molar-refractivity contribution is 5.79. The smallest absolute Gasteiger partial charge is 0.416 e. The summed E-state index contributed by atoms with van der Waals surface area (Å²) in [5.41, 5.74) is 0.111. The molecule has 7 nitrogen and oxygen atoms in total. The minimum absolute atomic E-state index is 0.244. The molecule has 35 heavy (non-hydrogen) atoms. The number of aromatic nitrogens is 3. The first-order chi connectivity index (χ1) is 16.3. The number of nitrogens with zero attached hydrogens (tertiary/aromatic N) is 3. The fraction of sp³-hybridized carbons (Fsp3) is 0.400. The van der Waals surface area contributed by atoms with Crippen molar-refractivity contribution in [2.45, 2.75) is 59.4 Å². The topological polar surface area (TPSA) is 75.3 Å². The van der Waals surface area contributed by atoms with Crippen LogP contribution >= 0.6 is 0 Å². The van der Waals surface area contributed by atoms with E-state index in [1.165, 1.54) is 27.7 Å². The van der Waals surface area contributed by atoms with Crippen molar-refractivity contribution >= 4 is 5.97 Å². The van der Waals surface area contributed by atoms with Crippen LogP contribution in [0.4, 0.5) is 13.2 Å². The Kier molecular flexibility index (Phi) is 7.14. The van der Waals surface area contributed by atoms with Crippen LogP contribution in [0.5, 0.6) is 5.75 Å². The molecule has 0 aliphatic rings. The van der Waals surface area contributed by atoms with E-state index in [2.05, 4.69) is 5.10 Å². The molecular weight excluding hydrogens is 463 g/mol. The molecule has 0 saturated carbocycles. The standard InChI is InChI=1S/C25H28F3N3O4/c1-7-34-22(32)24(5,6)35-21-15(2)12-18(13-16(21)3)17(4)31-23(33)30(14-29-31)20-10-8-19(9-11-20)25(26,27)28/h8-14,17H,7H2,1-6H3. The predicted octanol–water partition coefficient (Wildman–Crippen LogP) is 5.00. The maximum atomic E-state index is 13.0. The van der Waals surface area contributed by atoms with Crippen LogP contribution in [0.1, 0.15) is 56.0 Å². The summed E-state index contributed by atoms with van der Waals surface area (Å²) in [6, 6.07) is 7.52. The second kappa shape index (κ2) is 9.59. The van der Waals surface area contributed by atoms with Gasteiger partial charge in [0.05, 0.1) is 23.9 Å². The average molecular weight is 492 g/mol. The van der Waals surface area contributed by atoms with Gasteiger partial charge in [0.2, 0.25) is 0 Å². The van der Waals surface area contributed by atoms with E-state index in [9.17, 15) is 22.8 Å². The molecule has 1 unspecified atom stereocenters. The summed E-state index contributed by atoms with van der Waals surface area (Å²) in [4.78, 5) is 25.2. The molecule has 3 aromatic rings. The summed E-state index contributed by atoms with van der Waals surface area (Å²) >= 11 is 0. The SMILES string of the molecule is CCOC(=O)C(C)(C)Oc1c(C)cc(C(C)n2ncn(-c3ccc(C(F)(F)F)cc3)c2=O)cc1C. The normalized spacial score (nSPS) is 12.9. The van der Waals surface area contributed by atoms with Gasteiger partial charge in [0.1, 0.15) is 12.1 Å². The van der Waals surface area contributed by atoms with E-state index in [0.717, 1.165) is 28.8 Å². The molecule has 3 rings (SSSR count). The molecule has 0 fully saturated rings. The van der Waals surface area contributed by atoms with Gasteiger partial charge in [-0.2, -0.15) is 18.3 Å². The van der Waals surface area contributed by atoms with E-state index in [4.69, 9.17) is 9.47 Å². The van der Waals surface area contributed by atoms with Gasteiger partial charge in [-0.15, -0.1) is 0 Å². The third-order valence-corrected chi connectivity index (χ3v) is 5.62. The highest BCUT2D eigenvalue weighted by Gasteiger charge is 2.33. The van der Waals surface area contributed by atoms with E-state index in [-0.39, 0.29) is 12.3 Å². The van der Waals surface area contributed by atoms with Gasteiger partial charge in [0.15, 0.2) is 5.60 Å². The fourth-order valence-electron chi connectivity index (χ4n) is 3.70. The number of ether oxygens (including phenoxy) is 2. The summed E-state index contributed by atoms with van der Waals surface area (Å²) < 4.78 is 52.1. The molecule has 0 bridgehead atoms. The van der Waals surface area contributed by atoms with Gasteiger partial charge in [-0.3, -0.25) is 0 Å². The maximum absolute atomic E-state index is 13.0. The summed E-state index contributed by atoms with van der Waals surface area (Å²) in [7, 11) is 0. The van der Waals surface area contributed by atoms with Crippen LogP contribution < -0.4 is 10.4 Å². The number of aryl methyl sites for hydroxylation is 2. The zero-order chi connectivity index (χ0) is 26.1. The van der Waals surface area contributed by atoms with Gasteiger partial charge >= 0.3 is 17.8 Å². The van der Waals surface area contributed by atoms with E-state index in [0.29, 0.717) is 5.75 Å². The number of hydrogen-bond donors (Lipinski definition) is 0. The molecule has 0 spiro atoms. The molecule has 1 aromatic heterocycles. The summed E-state index contributed by atoms with van der Waals surface area (Å²) in [6.07, 6.45) is -3.18. The number of hydrogen-bond acceptors (Lipinski definition) is 5. The molecule has 0 amide bonds. The minimum atomic E-state index is -4.46. The average Bonchev–Trinajstić information content (AvgIpc) is 3.16. The van der Waals surface area contributed by atoms with Crippen molar-refractivity contribution in [3.05, 3.63) is 75.5 Å². The first-order valence-electron chi connectivity index (χ1n) is 11.1. The van der Waals surface area contributed by atoms with Gasteiger partial charge in [0, 0.05) is 0 Å². The largest absolute Gasteiger partial charge is 0.476 e. The fourth-order valence-corrected chi connectivity index (χ4v) is 3.70. The van der Waals surface area contributed by atoms with Crippen LogP contribution in [0.2, 0.25) is 0 Å². The highest BCUT2D eigenvalue weighted by atomic mass is 19.4. The highest BCUT2D eigenvalue weighted by Crippen LogP contribution is 2.32. The molecule has 10 heteroatoms. The molecule has 0 aliphatic heterocycles. The molecule has 0 aliphatic carbocycles. The van der Waals surface area contributed by atoms with E-state index >= 15 is 0 Å². The third kappa shape index (κ3) is 5.41. The lowest BCUT2D eigenvalue weighted by atomic mass is 10.0. The zero-order valence-corrected chi connectivity index (χ0v) is 20.4. The lowest BCUT2D eigenvalue weighted by molar-refractivity contribution is -0.158. The Bertz CT molecular complexity index is 1250. The van der Waals surface area contributed by atoms with E-state index in [1.807, 2.05) is 26.0 Å². The van der Waals surface area contributed by atoms with Gasteiger partial charge in [-0.05, 0) is 82.5 Å². The zero-order valence-electron chi connectivity index (χ0n) is 20.4. The third-order valence-electron chi connectivity index (χ3n) is 5.62. The first kappa shape index (κ1) is 26.1. The summed E-state index contributed by atoms with van der Waals surface area (Å²) in [5, 5.41) is 4.18. The molecular formula is C25H28F3N3O4. The van der Waals surface area contributed by atoms with Crippen LogP contribution in [0.3, 0.4) is 0 Å². The van der Waals surface area contributed by atoms with Crippen molar-refractivity contribution < 1.29 is 27.4 Å². The van der Waals surface area contributed by atoms with Crippen LogP contribution in [0.25, 0.3) is 5.69 Å². The number of alkyl halides is 3. The van der Waals surface area contributed by atoms with Gasteiger partial charge in [-0.25, -0.2) is 18.8 Å². The maximum Gasteiger partial charge on any atom is 0.416 e. The van der Waals surface area contributed by atoms with E-state index in [1.54, 1.807) is 27.7 Å². The van der Waals surface area contributed by atoms with Gasteiger partial charge in [0.25, 0.3) is 0 Å². The summed E-state index contributed by atoms with van der Waals surface area (Å²) in [6.45, 7) is 10.7. The van der Waals surface area contributed by atoms with Crippen molar-refractivity contribution in [3.8, 4) is 11.4 Å². The van der Waals surface area contributed by atoms with Crippen molar-refractivity contribution in [2.24, 2.45) is 0 Å². The monoisotopic (exact) mass is 491 g/mol. The van der Waals surface area contributed by atoms with Crippen molar-refractivity contribution in [3.63, 3.8) is 0 Å². The van der Waals surface area contributed by atoms with Crippen LogP contribution in [-0.2, 0) is 15.7 Å². The summed E-state index contributed by atoms with van der Waals surface area (Å²) in [5.74, 6) is 0.0678. The Balaban J connectivity index is 1.89. The van der Waals surface area contributed by atoms with Crippen LogP contribution in [0, 0.1) is 13.8 Å². The quantitative estimate of drug-likeness (QED) is 0.435. The Morgan fingerprint density at radius 2 is 1.66 bits per heavy atom. The number of halogens is 3. The predicted molar refractivity (Wildman–Crippen MR) is 124 cm³/mol. The van der Waals surface area contributed by atoms with Gasteiger partial charge < -0.3 is 9.47 Å². The van der Waals surface area contributed by atoms with Gasteiger partial charge in [-0.1, -0.05) is 12.1 Å². The van der Waals surface area contributed by atoms with E-state index < -0.39 is 35.0 Å². The molecule has 0 N–H and O–H groups in total. The Morgan fingerprint density at radius 3 is 2.17 bits per heavy atom. The second-order valence-corrected chi connectivity index (χ2v) is 8.77. The molecule has 1 heterocycles. The number of carbonyl (C=O) groups is 1. The minimum Gasteiger partial charge on any atom is -0.476 e. The first-order valence-corrected chi connectivity index (χ1v) is 11.1. The number of carbonyl (C=O) groups excluding carboxylic acids is 1. The molecule has 0 radical (unpaired) electrons. The molecule has 188 valence electrons. The Morgan fingerprint density at radius 1 is 1.09 bits per heavy atom. The van der Waals surface area contributed by atoms with Crippen molar-refractivity contribution in [1.29, 1.82) is 0 Å². The Hall–Kier alpha value is -3.56. The lowest BCUT2D eigenvalue weighted by Gasteiger charge is -2.27. The van der Waals surface area contributed by atoms with Crippen LogP contribution in [0.15, 0.2) is 47.5 Å². The lowest BCUT2D eigenvalue weighted by Crippen LogP contribution is -2.40. The Labute approximate surface area is 201 Å². The molecule has 1 atom stereocenters. The number of rotatable bonds is 7. The van der Waals surface area contributed by atoms with Crippen molar-refractivity contribution in [1.82, 2.24) is 14.3 Å². The molecule has 2 aromatic carbocycles. The van der Waals surface area contributed by atoms with Crippen molar-refractivity contribution in [2.75, 3.05) is 6.61 Å².